The molecule has 0 aliphatic carbocycles. The minimum atomic E-state index is -3.33. The quantitative estimate of drug-likeness (QED) is 0.284. The molecular formula is C27H21ClN4O3S2. The van der Waals surface area contributed by atoms with Crippen LogP contribution in [-0.4, -0.2) is 35.3 Å². The van der Waals surface area contributed by atoms with E-state index in [1.165, 1.54) is 17.6 Å². The predicted molar refractivity (Wildman–Crippen MR) is 146 cm³/mol. The number of hydrogen-bond acceptors (Lipinski definition) is 6. The highest BCUT2D eigenvalue weighted by Gasteiger charge is 2.20. The number of aromatic nitrogens is 3. The molecule has 10 heteroatoms. The van der Waals surface area contributed by atoms with Gasteiger partial charge in [0, 0.05) is 17.3 Å². The first-order valence-electron chi connectivity index (χ1n) is 11.2. The first kappa shape index (κ1) is 24.9. The monoisotopic (exact) mass is 548 g/mol. The molecule has 1 amide bonds. The molecule has 0 unspecified atom stereocenters. The van der Waals surface area contributed by atoms with Crippen molar-refractivity contribution in [2.75, 3.05) is 6.26 Å². The minimum absolute atomic E-state index is 0.236. The summed E-state index contributed by atoms with van der Waals surface area (Å²) < 4.78 is 25.7. The van der Waals surface area contributed by atoms with Gasteiger partial charge in [0.2, 0.25) is 0 Å². The van der Waals surface area contributed by atoms with Gasteiger partial charge in [-0.2, -0.15) is 5.10 Å². The van der Waals surface area contributed by atoms with Crippen molar-refractivity contribution in [3.63, 3.8) is 0 Å². The summed E-state index contributed by atoms with van der Waals surface area (Å²) in [6, 6.07) is 25.2. The second-order valence-corrected chi connectivity index (χ2v) is 11.8. The predicted octanol–water partition coefficient (Wildman–Crippen LogP) is 5.65. The van der Waals surface area contributed by atoms with E-state index in [-0.39, 0.29) is 23.0 Å². The van der Waals surface area contributed by atoms with Crippen molar-refractivity contribution in [1.29, 1.82) is 0 Å². The van der Waals surface area contributed by atoms with E-state index in [0.717, 1.165) is 21.0 Å². The topological polar surface area (TPSA) is 93.9 Å². The Kier molecular flexibility index (Phi) is 6.92. The molecule has 0 saturated carbocycles. The summed E-state index contributed by atoms with van der Waals surface area (Å²) in [4.78, 5) is 19.2. The SMILES string of the molecule is CS(=O)(=O)c1cccc(-c2ccc(-c3cc(C(=O)NCc4ccccn4)nn3-c3ccccc3Cl)s2)c1. The number of sulfone groups is 1. The van der Waals surface area contributed by atoms with Crippen molar-refractivity contribution in [3.05, 3.63) is 108 Å². The fourth-order valence-electron chi connectivity index (χ4n) is 3.75. The molecule has 0 fully saturated rings. The second kappa shape index (κ2) is 10.3. The van der Waals surface area contributed by atoms with Crippen LogP contribution in [0.2, 0.25) is 5.02 Å². The molecule has 2 aromatic carbocycles. The first-order chi connectivity index (χ1) is 17.8. The molecule has 3 aromatic heterocycles. The summed E-state index contributed by atoms with van der Waals surface area (Å²) >= 11 is 7.95. The molecule has 5 aromatic rings. The van der Waals surface area contributed by atoms with E-state index < -0.39 is 9.84 Å². The number of carbonyl (C=O) groups excluding carboxylic acids is 1. The highest BCUT2D eigenvalue weighted by molar-refractivity contribution is 7.90. The number of hydrogen-bond donors (Lipinski definition) is 1. The van der Waals surface area contributed by atoms with Crippen LogP contribution in [0.25, 0.3) is 26.7 Å². The van der Waals surface area contributed by atoms with Crippen molar-refractivity contribution >= 4 is 38.7 Å². The maximum Gasteiger partial charge on any atom is 0.272 e. The maximum absolute atomic E-state index is 13.0. The van der Waals surface area contributed by atoms with Crippen LogP contribution >= 0.6 is 22.9 Å². The van der Waals surface area contributed by atoms with E-state index >= 15 is 0 Å². The second-order valence-electron chi connectivity index (χ2n) is 8.25. The highest BCUT2D eigenvalue weighted by atomic mass is 35.5. The van der Waals surface area contributed by atoms with Gasteiger partial charge in [-0.1, -0.05) is 41.9 Å². The Morgan fingerprint density at radius 3 is 2.51 bits per heavy atom. The maximum atomic E-state index is 13.0. The Morgan fingerprint density at radius 1 is 0.973 bits per heavy atom. The van der Waals surface area contributed by atoms with Crippen LogP contribution in [0.15, 0.2) is 96.0 Å². The lowest BCUT2D eigenvalue weighted by Gasteiger charge is -2.08. The Morgan fingerprint density at radius 2 is 1.76 bits per heavy atom. The fourth-order valence-corrected chi connectivity index (χ4v) is 5.64. The largest absolute Gasteiger partial charge is 0.345 e. The van der Waals surface area contributed by atoms with E-state index in [1.807, 2.05) is 54.6 Å². The van der Waals surface area contributed by atoms with Crippen LogP contribution < -0.4 is 5.32 Å². The van der Waals surface area contributed by atoms with Gasteiger partial charge in [0.05, 0.1) is 38.4 Å². The summed E-state index contributed by atoms with van der Waals surface area (Å²) in [6.07, 6.45) is 2.86. The summed E-state index contributed by atoms with van der Waals surface area (Å²) in [5, 5.41) is 7.94. The van der Waals surface area contributed by atoms with E-state index in [9.17, 15) is 13.2 Å². The van der Waals surface area contributed by atoms with E-state index in [1.54, 1.807) is 41.2 Å². The van der Waals surface area contributed by atoms with Gasteiger partial charge in [0.25, 0.3) is 5.91 Å². The van der Waals surface area contributed by atoms with Gasteiger partial charge in [0.1, 0.15) is 0 Å². The van der Waals surface area contributed by atoms with Crippen molar-refractivity contribution in [1.82, 2.24) is 20.1 Å². The van der Waals surface area contributed by atoms with Crippen molar-refractivity contribution in [3.8, 4) is 26.7 Å². The summed E-state index contributed by atoms with van der Waals surface area (Å²) in [7, 11) is -3.33. The third kappa shape index (κ3) is 5.48. The van der Waals surface area contributed by atoms with Gasteiger partial charge in [-0.05, 0) is 60.2 Å². The average Bonchev–Trinajstić information content (AvgIpc) is 3.56. The summed E-state index contributed by atoms with van der Waals surface area (Å²) in [6.45, 7) is 0.272. The third-order valence-electron chi connectivity index (χ3n) is 5.58. The number of nitrogens with one attached hydrogen (secondary N) is 1. The lowest BCUT2D eigenvalue weighted by Crippen LogP contribution is -2.23. The standard InChI is InChI=1S/C27H21ClN4O3S2/c1-37(34,35)20-9-6-7-18(15-20)25-12-13-26(36-25)24-16-22(27(33)30-17-19-8-4-5-14-29-19)31-32(24)23-11-3-2-10-21(23)28/h2-16H,17H2,1H3,(H,30,33). The molecule has 1 N–H and O–H groups in total. The van der Waals surface area contributed by atoms with Crippen LogP contribution in [0, 0.1) is 0 Å². The van der Waals surface area contributed by atoms with Crippen LogP contribution in [0.5, 0.6) is 0 Å². The Balaban J connectivity index is 1.52. The zero-order chi connectivity index (χ0) is 26.0. The van der Waals surface area contributed by atoms with Crippen molar-refractivity contribution in [2.24, 2.45) is 0 Å². The molecular weight excluding hydrogens is 528 g/mol. The number of rotatable bonds is 7. The smallest absolute Gasteiger partial charge is 0.272 e. The summed E-state index contributed by atoms with van der Waals surface area (Å²) in [5.74, 6) is -0.338. The average molecular weight is 549 g/mol. The molecule has 7 nitrogen and oxygen atoms in total. The minimum Gasteiger partial charge on any atom is -0.345 e. The van der Waals surface area contributed by atoms with Crippen LogP contribution in [0.1, 0.15) is 16.2 Å². The number of carbonyl (C=O) groups is 1. The number of pyridine rings is 1. The van der Waals surface area contributed by atoms with Gasteiger partial charge >= 0.3 is 0 Å². The van der Waals surface area contributed by atoms with E-state index in [0.29, 0.717) is 16.4 Å². The van der Waals surface area contributed by atoms with Crippen LogP contribution in [-0.2, 0) is 16.4 Å². The zero-order valence-electron chi connectivity index (χ0n) is 19.6. The number of thiophene rings is 1. The van der Waals surface area contributed by atoms with Gasteiger partial charge in [-0.3, -0.25) is 9.78 Å². The van der Waals surface area contributed by atoms with E-state index in [4.69, 9.17) is 11.6 Å². The number of benzene rings is 2. The Hall–Kier alpha value is -3.79. The Labute approximate surface area is 223 Å². The van der Waals surface area contributed by atoms with Crippen LogP contribution in [0.4, 0.5) is 0 Å². The lowest BCUT2D eigenvalue weighted by atomic mass is 10.2. The van der Waals surface area contributed by atoms with Gasteiger partial charge in [-0.25, -0.2) is 13.1 Å². The number of nitrogens with zero attached hydrogens (tertiary/aromatic N) is 3. The summed E-state index contributed by atoms with van der Waals surface area (Å²) in [5.41, 5.74) is 3.08. The molecule has 0 aliphatic rings. The normalized spacial score (nSPS) is 11.4. The zero-order valence-corrected chi connectivity index (χ0v) is 22.0. The van der Waals surface area contributed by atoms with Crippen LogP contribution in [0.3, 0.4) is 0 Å². The van der Waals surface area contributed by atoms with Gasteiger partial charge in [-0.15, -0.1) is 11.3 Å². The molecule has 186 valence electrons. The highest BCUT2D eigenvalue weighted by Crippen LogP contribution is 2.37. The molecule has 0 spiro atoms. The van der Waals surface area contributed by atoms with Gasteiger partial charge < -0.3 is 5.32 Å². The molecule has 3 heterocycles. The van der Waals surface area contributed by atoms with Gasteiger partial charge in [0.15, 0.2) is 15.5 Å². The molecule has 0 saturated heterocycles. The molecule has 0 bridgehead atoms. The number of para-hydroxylation sites is 1. The molecule has 5 rings (SSSR count). The molecule has 0 atom stereocenters. The van der Waals surface area contributed by atoms with Crippen molar-refractivity contribution in [2.45, 2.75) is 11.4 Å². The third-order valence-corrected chi connectivity index (χ3v) is 8.17. The number of amides is 1. The first-order valence-corrected chi connectivity index (χ1v) is 14.3. The van der Waals surface area contributed by atoms with E-state index in [2.05, 4.69) is 15.4 Å². The lowest BCUT2D eigenvalue weighted by molar-refractivity contribution is 0.0945. The Bertz CT molecular complexity index is 1700. The molecule has 37 heavy (non-hydrogen) atoms. The molecule has 0 aliphatic heterocycles. The molecule has 0 radical (unpaired) electrons. The van der Waals surface area contributed by atoms with Crippen molar-refractivity contribution < 1.29 is 13.2 Å². The fraction of sp³-hybridized carbons (Fsp3) is 0.0741. The number of halogens is 1.